The molecule has 0 unspecified atom stereocenters. The van der Waals surface area contributed by atoms with Crippen molar-refractivity contribution in [3.05, 3.63) is 54.1 Å². The lowest BCUT2D eigenvalue weighted by Crippen LogP contribution is -2.38. The minimum Gasteiger partial charge on any atom is -0.302 e. The summed E-state index contributed by atoms with van der Waals surface area (Å²) >= 11 is 0. The van der Waals surface area contributed by atoms with Crippen molar-refractivity contribution in [2.24, 2.45) is 5.92 Å². The van der Waals surface area contributed by atoms with Crippen molar-refractivity contribution in [1.29, 1.82) is 0 Å². The number of hydrogen-bond donors (Lipinski definition) is 1. The molecule has 1 N–H and O–H groups in total. The fraction of sp³-hybridized carbons (Fsp3) is 0.476. The summed E-state index contributed by atoms with van der Waals surface area (Å²) in [5, 5.41) is 7.48. The van der Waals surface area contributed by atoms with E-state index in [4.69, 9.17) is 0 Å². The molecule has 2 aromatic rings. The molecule has 1 aliphatic heterocycles. The highest BCUT2D eigenvalue weighted by Crippen LogP contribution is 2.34. The zero-order valence-electron chi connectivity index (χ0n) is 14.6. The Morgan fingerprint density at radius 3 is 3.04 bits per heavy atom. The summed E-state index contributed by atoms with van der Waals surface area (Å²) in [6.45, 7) is 3.47. The largest absolute Gasteiger partial charge is 0.302 e. The molecule has 0 spiro atoms. The number of hydrogen-bond acceptors (Lipinski definition) is 2. The molecule has 3 nitrogen and oxygen atoms in total. The van der Waals surface area contributed by atoms with Gasteiger partial charge in [-0.05, 0) is 62.3 Å². The van der Waals surface area contributed by atoms with Gasteiger partial charge in [-0.3, -0.25) is 5.10 Å². The molecule has 1 aliphatic carbocycles. The number of nitrogens with one attached hydrogen (secondary N) is 1. The Kier molecular flexibility index (Phi) is 4.97. The topological polar surface area (TPSA) is 31.9 Å². The van der Waals surface area contributed by atoms with Gasteiger partial charge in [-0.25, -0.2) is 4.39 Å². The van der Waals surface area contributed by atoms with Gasteiger partial charge in [-0.1, -0.05) is 24.3 Å². The van der Waals surface area contributed by atoms with Gasteiger partial charge in [0.1, 0.15) is 5.82 Å². The number of H-pyrrole nitrogens is 1. The molecular formula is C21H26FN3. The second-order valence-electron chi connectivity index (χ2n) is 7.46. The third kappa shape index (κ3) is 3.84. The van der Waals surface area contributed by atoms with Crippen LogP contribution in [0.25, 0.3) is 11.1 Å². The van der Waals surface area contributed by atoms with Crippen molar-refractivity contribution in [2.45, 2.75) is 38.0 Å². The maximum atomic E-state index is 13.6. The fourth-order valence-electron chi connectivity index (χ4n) is 4.34. The van der Waals surface area contributed by atoms with E-state index in [2.05, 4.69) is 27.2 Å². The van der Waals surface area contributed by atoms with Gasteiger partial charge in [0.2, 0.25) is 0 Å². The molecule has 0 bridgehead atoms. The van der Waals surface area contributed by atoms with Gasteiger partial charge in [-0.2, -0.15) is 5.10 Å². The maximum Gasteiger partial charge on any atom is 0.123 e. The first kappa shape index (κ1) is 16.5. The van der Waals surface area contributed by atoms with Gasteiger partial charge in [0.25, 0.3) is 0 Å². The first-order chi connectivity index (χ1) is 12.3. The van der Waals surface area contributed by atoms with E-state index in [1.807, 2.05) is 12.3 Å². The smallest absolute Gasteiger partial charge is 0.123 e. The monoisotopic (exact) mass is 339 g/mol. The van der Waals surface area contributed by atoms with Crippen LogP contribution in [0.3, 0.4) is 0 Å². The summed E-state index contributed by atoms with van der Waals surface area (Å²) in [7, 11) is 0. The van der Waals surface area contributed by atoms with Crippen molar-refractivity contribution in [2.75, 3.05) is 19.6 Å². The molecule has 0 saturated carbocycles. The molecule has 0 amide bonds. The Balaban J connectivity index is 1.48. The standard InChI is InChI=1S/C21H26FN3/c22-19-10-4-8-17(12-19)20-13-23-24-21(20)18-9-5-11-25(15-18)14-16-6-2-1-3-7-16/h1-2,4,8,10,12-13,16,18H,3,5-7,9,11,14-15H2,(H,23,24)/t16-,18-/m1/s1. The number of rotatable bonds is 4. The van der Waals surface area contributed by atoms with Gasteiger partial charge in [0.15, 0.2) is 0 Å². The molecule has 25 heavy (non-hydrogen) atoms. The lowest BCUT2D eigenvalue weighted by Gasteiger charge is -2.35. The van der Waals surface area contributed by atoms with Gasteiger partial charge < -0.3 is 4.90 Å². The van der Waals surface area contributed by atoms with E-state index in [9.17, 15) is 4.39 Å². The number of aromatic amines is 1. The normalized spacial score (nSPS) is 24.5. The molecule has 4 heteroatoms. The van der Waals surface area contributed by atoms with Crippen LogP contribution in [0.1, 0.15) is 43.7 Å². The van der Waals surface area contributed by atoms with Gasteiger partial charge in [0.05, 0.1) is 6.20 Å². The Hall–Kier alpha value is -1.94. The molecule has 2 atom stereocenters. The van der Waals surface area contributed by atoms with Crippen LogP contribution in [0.4, 0.5) is 4.39 Å². The van der Waals surface area contributed by atoms with Crippen molar-refractivity contribution < 1.29 is 4.39 Å². The minimum absolute atomic E-state index is 0.194. The highest BCUT2D eigenvalue weighted by atomic mass is 19.1. The summed E-state index contributed by atoms with van der Waals surface area (Å²) in [6.07, 6.45) is 12.6. The first-order valence-electron chi connectivity index (χ1n) is 9.46. The van der Waals surface area contributed by atoms with Crippen molar-refractivity contribution >= 4 is 0 Å². The number of halogens is 1. The second kappa shape index (κ2) is 7.52. The Morgan fingerprint density at radius 2 is 2.20 bits per heavy atom. The molecule has 4 rings (SSSR count). The maximum absolute atomic E-state index is 13.6. The van der Waals surface area contributed by atoms with Crippen LogP contribution in [0.5, 0.6) is 0 Å². The molecule has 0 radical (unpaired) electrons. The second-order valence-corrected chi connectivity index (χ2v) is 7.46. The van der Waals surface area contributed by atoms with E-state index in [-0.39, 0.29) is 5.82 Å². The molecular weight excluding hydrogens is 313 g/mol. The van der Waals surface area contributed by atoms with Gasteiger partial charge in [-0.15, -0.1) is 0 Å². The molecule has 1 saturated heterocycles. The van der Waals surface area contributed by atoms with Crippen LogP contribution >= 0.6 is 0 Å². The zero-order valence-corrected chi connectivity index (χ0v) is 14.6. The Bertz CT molecular complexity index is 736. The lowest BCUT2D eigenvalue weighted by atomic mass is 9.88. The predicted octanol–water partition coefficient (Wildman–Crippen LogP) is 4.75. The van der Waals surface area contributed by atoms with Crippen LogP contribution in [-0.4, -0.2) is 34.7 Å². The molecule has 1 aromatic heterocycles. The summed E-state index contributed by atoms with van der Waals surface area (Å²) in [5.41, 5.74) is 3.13. The zero-order chi connectivity index (χ0) is 17.1. The quantitative estimate of drug-likeness (QED) is 0.815. The van der Waals surface area contributed by atoms with Crippen LogP contribution in [0.15, 0.2) is 42.6 Å². The summed E-state index contributed by atoms with van der Waals surface area (Å²) < 4.78 is 13.6. The first-order valence-corrected chi connectivity index (χ1v) is 9.46. The molecule has 132 valence electrons. The van der Waals surface area contributed by atoms with E-state index < -0.39 is 0 Å². The molecule has 1 fully saturated rings. The van der Waals surface area contributed by atoms with Crippen LogP contribution < -0.4 is 0 Å². The molecule has 1 aromatic carbocycles. The minimum atomic E-state index is -0.194. The number of likely N-dealkylation sites (tertiary alicyclic amines) is 1. The summed E-state index contributed by atoms with van der Waals surface area (Å²) in [6, 6.07) is 6.82. The molecule has 2 heterocycles. The van der Waals surface area contributed by atoms with Crippen LogP contribution in [0, 0.1) is 11.7 Å². The van der Waals surface area contributed by atoms with Gasteiger partial charge >= 0.3 is 0 Å². The van der Waals surface area contributed by atoms with E-state index in [0.29, 0.717) is 5.92 Å². The lowest BCUT2D eigenvalue weighted by molar-refractivity contribution is 0.173. The molecule has 2 aliphatic rings. The number of allylic oxidation sites excluding steroid dienone is 2. The number of nitrogens with zero attached hydrogens (tertiary/aromatic N) is 2. The average molecular weight is 339 g/mol. The third-order valence-electron chi connectivity index (χ3n) is 5.61. The number of benzene rings is 1. The fourth-order valence-corrected chi connectivity index (χ4v) is 4.34. The summed E-state index contributed by atoms with van der Waals surface area (Å²) in [4.78, 5) is 2.62. The van der Waals surface area contributed by atoms with Crippen molar-refractivity contribution in [3.63, 3.8) is 0 Å². The number of aromatic nitrogens is 2. The highest BCUT2D eigenvalue weighted by molar-refractivity contribution is 5.65. The Labute approximate surface area is 148 Å². The van der Waals surface area contributed by atoms with E-state index in [0.717, 1.165) is 23.6 Å². The summed E-state index contributed by atoms with van der Waals surface area (Å²) in [5.74, 6) is 1.06. The SMILES string of the molecule is Fc1cccc(-c2cn[nH]c2[C@@H]2CCCN(C[C@@H]3CC=CCC3)C2)c1. The third-order valence-corrected chi connectivity index (χ3v) is 5.61. The average Bonchev–Trinajstić information content (AvgIpc) is 3.13. The highest BCUT2D eigenvalue weighted by Gasteiger charge is 2.26. The van der Waals surface area contributed by atoms with Crippen LogP contribution in [-0.2, 0) is 0 Å². The van der Waals surface area contributed by atoms with E-state index >= 15 is 0 Å². The Morgan fingerprint density at radius 1 is 1.24 bits per heavy atom. The van der Waals surface area contributed by atoms with E-state index in [1.165, 1.54) is 57.0 Å². The van der Waals surface area contributed by atoms with E-state index in [1.54, 1.807) is 12.1 Å². The number of piperidine rings is 1. The predicted molar refractivity (Wildman–Crippen MR) is 98.9 cm³/mol. The van der Waals surface area contributed by atoms with Crippen LogP contribution in [0.2, 0.25) is 0 Å². The van der Waals surface area contributed by atoms with Crippen molar-refractivity contribution in [3.8, 4) is 11.1 Å². The van der Waals surface area contributed by atoms with Crippen molar-refractivity contribution in [1.82, 2.24) is 15.1 Å². The van der Waals surface area contributed by atoms with Gasteiger partial charge in [0, 0.05) is 30.3 Å².